The predicted molar refractivity (Wildman–Crippen MR) is 96.3 cm³/mol. The maximum atomic E-state index is 11.5. The van der Waals surface area contributed by atoms with Gasteiger partial charge in [0.05, 0.1) is 6.42 Å². The molecule has 2 aromatic carbocycles. The van der Waals surface area contributed by atoms with Gasteiger partial charge in [-0.05, 0) is 17.2 Å². The second kappa shape index (κ2) is 7.23. The van der Waals surface area contributed by atoms with E-state index in [2.05, 4.69) is 0 Å². The SMILES string of the molecule is O=C(O)C1([N+](=O)[O-])C=CC=C(c2ccccc2OCc2ccccc2)C1. The molecule has 6 nitrogen and oxygen atoms in total. The lowest BCUT2D eigenvalue weighted by atomic mass is 9.84. The normalized spacial score (nSPS) is 18.8. The van der Waals surface area contributed by atoms with Crippen molar-refractivity contribution in [1.82, 2.24) is 0 Å². The van der Waals surface area contributed by atoms with Crippen molar-refractivity contribution in [2.24, 2.45) is 0 Å². The van der Waals surface area contributed by atoms with Crippen molar-refractivity contribution in [3.63, 3.8) is 0 Å². The van der Waals surface area contributed by atoms with E-state index < -0.39 is 16.4 Å². The molecule has 0 fully saturated rings. The number of ether oxygens (including phenoxy) is 1. The Hall–Kier alpha value is -3.41. The van der Waals surface area contributed by atoms with Crippen molar-refractivity contribution < 1.29 is 19.6 Å². The lowest BCUT2D eigenvalue weighted by Crippen LogP contribution is -2.45. The molecule has 0 spiro atoms. The summed E-state index contributed by atoms with van der Waals surface area (Å²) in [6.45, 7) is 0.348. The zero-order valence-electron chi connectivity index (χ0n) is 13.9. The van der Waals surface area contributed by atoms with E-state index in [0.717, 1.165) is 11.6 Å². The standard InChI is InChI=1S/C20H17NO5/c22-19(23)20(21(24)25)12-6-9-16(13-20)17-10-4-5-11-18(17)26-14-15-7-2-1-3-8-15/h1-12H,13-14H2,(H,22,23). The van der Waals surface area contributed by atoms with Gasteiger partial charge in [-0.2, -0.15) is 0 Å². The van der Waals surface area contributed by atoms with Crippen LogP contribution in [0, 0.1) is 10.1 Å². The molecule has 0 heterocycles. The fourth-order valence-corrected chi connectivity index (χ4v) is 2.86. The summed E-state index contributed by atoms with van der Waals surface area (Å²) in [6.07, 6.45) is 3.99. The van der Waals surface area contributed by atoms with Crippen molar-refractivity contribution in [2.45, 2.75) is 18.6 Å². The summed E-state index contributed by atoms with van der Waals surface area (Å²) in [7, 11) is 0. The first-order valence-corrected chi connectivity index (χ1v) is 8.05. The Balaban J connectivity index is 1.88. The van der Waals surface area contributed by atoms with Gasteiger partial charge in [0.15, 0.2) is 0 Å². The number of rotatable bonds is 6. The van der Waals surface area contributed by atoms with E-state index in [9.17, 15) is 20.0 Å². The van der Waals surface area contributed by atoms with Crippen molar-refractivity contribution in [3.8, 4) is 5.75 Å². The largest absolute Gasteiger partial charge is 0.488 e. The summed E-state index contributed by atoms with van der Waals surface area (Å²) < 4.78 is 5.88. The average molecular weight is 351 g/mol. The van der Waals surface area contributed by atoms with Crippen LogP contribution in [0.4, 0.5) is 0 Å². The summed E-state index contributed by atoms with van der Waals surface area (Å²) in [6, 6.07) is 16.8. The molecule has 1 N–H and O–H groups in total. The minimum absolute atomic E-state index is 0.239. The average Bonchev–Trinajstić information content (AvgIpc) is 2.67. The number of aliphatic carboxylic acids is 1. The molecule has 0 saturated heterocycles. The van der Waals surface area contributed by atoms with E-state index in [1.807, 2.05) is 30.3 Å². The van der Waals surface area contributed by atoms with Crippen LogP contribution >= 0.6 is 0 Å². The van der Waals surface area contributed by atoms with Crippen molar-refractivity contribution in [3.05, 3.63) is 94.1 Å². The van der Waals surface area contributed by atoms with E-state index in [1.165, 1.54) is 6.08 Å². The van der Waals surface area contributed by atoms with E-state index in [-0.39, 0.29) is 6.42 Å². The van der Waals surface area contributed by atoms with Crippen molar-refractivity contribution >= 4 is 11.5 Å². The van der Waals surface area contributed by atoms with Crippen LogP contribution in [-0.4, -0.2) is 21.5 Å². The molecular weight excluding hydrogens is 334 g/mol. The Kier molecular flexibility index (Phi) is 4.84. The minimum atomic E-state index is -2.16. The summed E-state index contributed by atoms with van der Waals surface area (Å²) in [5.41, 5.74) is 0.0388. The second-order valence-electron chi connectivity index (χ2n) is 5.98. The molecule has 132 valence electrons. The Morgan fingerprint density at radius 1 is 1.15 bits per heavy atom. The third-order valence-corrected chi connectivity index (χ3v) is 4.30. The van der Waals surface area contributed by atoms with Gasteiger partial charge in [-0.15, -0.1) is 0 Å². The highest BCUT2D eigenvalue weighted by Gasteiger charge is 2.50. The molecule has 0 radical (unpaired) electrons. The maximum Gasteiger partial charge on any atom is 0.387 e. The molecular formula is C20H17NO5. The zero-order chi connectivity index (χ0) is 18.6. The number of allylic oxidation sites excluding steroid dienone is 2. The highest BCUT2D eigenvalue weighted by atomic mass is 16.6. The van der Waals surface area contributed by atoms with Gasteiger partial charge < -0.3 is 9.84 Å². The van der Waals surface area contributed by atoms with E-state index >= 15 is 0 Å². The molecule has 1 aliphatic rings. The number of carboxylic acid groups (broad SMARTS) is 1. The number of carbonyl (C=O) groups is 1. The third-order valence-electron chi connectivity index (χ3n) is 4.30. The first-order valence-electron chi connectivity index (χ1n) is 8.05. The Labute approximate surface area is 150 Å². The van der Waals surface area contributed by atoms with Gasteiger partial charge in [0.1, 0.15) is 12.4 Å². The van der Waals surface area contributed by atoms with Crippen LogP contribution in [0.2, 0.25) is 0 Å². The van der Waals surface area contributed by atoms with Gasteiger partial charge in [-0.1, -0.05) is 60.7 Å². The Morgan fingerprint density at radius 3 is 2.54 bits per heavy atom. The molecule has 0 aliphatic heterocycles. The number of hydrogen-bond donors (Lipinski definition) is 1. The molecule has 0 saturated carbocycles. The number of benzene rings is 2. The molecule has 1 atom stereocenters. The monoisotopic (exact) mass is 351 g/mol. The molecule has 6 heteroatoms. The Bertz CT molecular complexity index is 872. The van der Waals surface area contributed by atoms with E-state index in [0.29, 0.717) is 23.5 Å². The highest BCUT2D eigenvalue weighted by Crippen LogP contribution is 2.36. The van der Waals surface area contributed by atoms with E-state index in [1.54, 1.807) is 30.3 Å². The van der Waals surface area contributed by atoms with Gasteiger partial charge in [-0.3, -0.25) is 10.1 Å². The fourth-order valence-electron chi connectivity index (χ4n) is 2.86. The molecule has 26 heavy (non-hydrogen) atoms. The van der Waals surface area contributed by atoms with Gasteiger partial charge >= 0.3 is 11.5 Å². The Morgan fingerprint density at radius 2 is 1.85 bits per heavy atom. The fraction of sp³-hybridized carbons (Fsp3) is 0.150. The first kappa shape index (κ1) is 17.4. The van der Waals surface area contributed by atoms with E-state index in [4.69, 9.17) is 4.74 Å². The number of para-hydroxylation sites is 1. The first-order chi connectivity index (χ1) is 12.5. The van der Waals surface area contributed by atoms with Gasteiger partial charge in [-0.25, -0.2) is 4.79 Å². The molecule has 2 aromatic rings. The molecule has 0 aromatic heterocycles. The van der Waals surface area contributed by atoms with Gasteiger partial charge in [0.25, 0.3) is 0 Å². The maximum absolute atomic E-state index is 11.5. The minimum Gasteiger partial charge on any atom is -0.488 e. The van der Waals surface area contributed by atoms with Crippen molar-refractivity contribution in [2.75, 3.05) is 0 Å². The molecule has 1 unspecified atom stereocenters. The second-order valence-corrected chi connectivity index (χ2v) is 5.98. The molecule has 3 rings (SSSR count). The van der Waals surface area contributed by atoms with Crippen LogP contribution in [0.1, 0.15) is 17.5 Å². The smallest absolute Gasteiger partial charge is 0.387 e. The molecule has 0 amide bonds. The lowest BCUT2D eigenvalue weighted by molar-refractivity contribution is -0.539. The summed E-state index contributed by atoms with van der Waals surface area (Å²) in [5, 5.41) is 20.8. The summed E-state index contributed by atoms with van der Waals surface area (Å²) in [5.74, 6) is -0.924. The molecule has 1 aliphatic carbocycles. The summed E-state index contributed by atoms with van der Waals surface area (Å²) in [4.78, 5) is 22.2. The van der Waals surface area contributed by atoms with Crippen LogP contribution in [0.3, 0.4) is 0 Å². The van der Waals surface area contributed by atoms with Crippen LogP contribution in [0.25, 0.3) is 5.57 Å². The lowest BCUT2D eigenvalue weighted by Gasteiger charge is -2.23. The quantitative estimate of drug-likeness (QED) is 0.633. The number of hydrogen-bond acceptors (Lipinski definition) is 4. The zero-order valence-corrected chi connectivity index (χ0v) is 13.9. The summed E-state index contributed by atoms with van der Waals surface area (Å²) >= 11 is 0. The van der Waals surface area contributed by atoms with Crippen LogP contribution in [-0.2, 0) is 11.4 Å². The predicted octanol–water partition coefficient (Wildman–Crippen LogP) is 3.71. The van der Waals surface area contributed by atoms with Gasteiger partial charge in [0, 0.05) is 16.6 Å². The number of nitrogens with zero attached hydrogens (tertiary/aromatic N) is 1. The van der Waals surface area contributed by atoms with Gasteiger partial charge in [0.2, 0.25) is 0 Å². The topological polar surface area (TPSA) is 89.7 Å². The van der Waals surface area contributed by atoms with Crippen LogP contribution in [0.5, 0.6) is 5.75 Å². The number of carboxylic acids is 1. The molecule has 0 bridgehead atoms. The van der Waals surface area contributed by atoms with Crippen molar-refractivity contribution in [1.29, 1.82) is 0 Å². The third kappa shape index (κ3) is 3.35. The highest BCUT2D eigenvalue weighted by molar-refractivity contribution is 5.86. The van der Waals surface area contributed by atoms with Crippen LogP contribution < -0.4 is 4.74 Å². The van der Waals surface area contributed by atoms with Crippen LogP contribution in [0.15, 0.2) is 72.8 Å². The number of nitro groups is 1.